The monoisotopic (exact) mass is 461 g/mol. The Kier molecular flexibility index (Phi) is 6.70. The van der Waals surface area contributed by atoms with E-state index in [1.54, 1.807) is 6.07 Å². The second-order valence-electron chi connectivity index (χ2n) is 7.07. The van der Waals surface area contributed by atoms with Crippen LogP contribution in [0.2, 0.25) is 0 Å². The highest BCUT2D eigenvalue weighted by Crippen LogP contribution is 2.29. The molecule has 0 radical (unpaired) electrons. The van der Waals surface area contributed by atoms with Crippen molar-refractivity contribution in [2.75, 3.05) is 7.05 Å². The van der Waals surface area contributed by atoms with E-state index < -0.39 is 40.2 Å². The van der Waals surface area contributed by atoms with E-state index in [0.717, 1.165) is 3.97 Å². The van der Waals surface area contributed by atoms with E-state index in [-0.39, 0.29) is 22.7 Å². The van der Waals surface area contributed by atoms with Gasteiger partial charge in [-0.1, -0.05) is 12.1 Å². The SMILES string of the molecule is CN(Cc1cc(-c2ccccc2F)n(S(=O)(=O)c2cccnc2)c1)[C@@H](CC(=O)O)C(=O)O. The van der Waals surface area contributed by atoms with E-state index in [4.69, 9.17) is 5.11 Å². The molecule has 3 aromatic rings. The first-order valence-corrected chi connectivity index (χ1v) is 10.8. The molecule has 2 heterocycles. The molecular formula is C21H20FN3O6S. The summed E-state index contributed by atoms with van der Waals surface area (Å²) in [6, 6.07) is 8.57. The number of rotatable bonds is 9. The van der Waals surface area contributed by atoms with Crippen LogP contribution in [0.5, 0.6) is 0 Å². The molecule has 0 unspecified atom stereocenters. The van der Waals surface area contributed by atoms with E-state index in [9.17, 15) is 27.5 Å². The molecule has 9 nitrogen and oxygen atoms in total. The maximum absolute atomic E-state index is 14.5. The van der Waals surface area contributed by atoms with Crippen molar-refractivity contribution in [3.63, 3.8) is 0 Å². The van der Waals surface area contributed by atoms with Crippen LogP contribution in [0, 0.1) is 5.82 Å². The molecule has 1 atom stereocenters. The molecule has 1 aromatic carbocycles. The Morgan fingerprint density at radius 1 is 1.19 bits per heavy atom. The summed E-state index contributed by atoms with van der Waals surface area (Å²) in [5.74, 6) is -3.25. The summed E-state index contributed by atoms with van der Waals surface area (Å²) in [6.45, 7) is -0.0821. The van der Waals surface area contributed by atoms with E-state index in [1.807, 2.05) is 0 Å². The topological polar surface area (TPSA) is 130 Å². The Morgan fingerprint density at radius 3 is 2.50 bits per heavy atom. The van der Waals surface area contributed by atoms with Crippen molar-refractivity contribution in [3.8, 4) is 11.3 Å². The lowest BCUT2D eigenvalue weighted by Crippen LogP contribution is -2.39. The molecule has 3 rings (SSSR count). The summed E-state index contributed by atoms with van der Waals surface area (Å²) < 4.78 is 41.9. The fourth-order valence-corrected chi connectivity index (χ4v) is 4.61. The van der Waals surface area contributed by atoms with Crippen molar-refractivity contribution in [3.05, 3.63) is 72.4 Å². The third kappa shape index (κ3) is 4.84. The van der Waals surface area contributed by atoms with E-state index in [1.165, 1.54) is 66.9 Å². The largest absolute Gasteiger partial charge is 0.481 e. The molecule has 32 heavy (non-hydrogen) atoms. The molecule has 0 fully saturated rings. The number of hydrogen-bond donors (Lipinski definition) is 2. The Balaban J connectivity index is 2.09. The molecular weight excluding hydrogens is 441 g/mol. The van der Waals surface area contributed by atoms with E-state index in [2.05, 4.69) is 4.98 Å². The average molecular weight is 461 g/mol. The average Bonchev–Trinajstić information content (AvgIpc) is 3.17. The predicted molar refractivity (Wildman–Crippen MR) is 112 cm³/mol. The van der Waals surface area contributed by atoms with Gasteiger partial charge < -0.3 is 10.2 Å². The molecule has 0 amide bonds. The molecule has 0 spiro atoms. The van der Waals surface area contributed by atoms with Crippen molar-refractivity contribution in [1.82, 2.24) is 13.9 Å². The van der Waals surface area contributed by atoms with Crippen LogP contribution < -0.4 is 0 Å². The summed E-state index contributed by atoms with van der Waals surface area (Å²) in [6.07, 6.45) is 3.21. The third-order valence-corrected chi connectivity index (χ3v) is 6.46. The Morgan fingerprint density at radius 2 is 1.91 bits per heavy atom. The number of hydrogen-bond acceptors (Lipinski definition) is 6. The lowest BCUT2D eigenvalue weighted by molar-refractivity contribution is -0.149. The summed E-state index contributed by atoms with van der Waals surface area (Å²) in [5, 5.41) is 18.3. The molecule has 0 aliphatic rings. The van der Waals surface area contributed by atoms with Gasteiger partial charge in [0.1, 0.15) is 16.8 Å². The number of halogens is 1. The zero-order valence-electron chi connectivity index (χ0n) is 16.9. The van der Waals surface area contributed by atoms with Crippen molar-refractivity contribution in [2.45, 2.75) is 23.9 Å². The zero-order chi connectivity index (χ0) is 23.5. The van der Waals surface area contributed by atoms with Crippen molar-refractivity contribution in [1.29, 1.82) is 0 Å². The van der Waals surface area contributed by atoms with Gasteiger partial charge >= 0.3 is 11.9 Å². The first kappa shape index (κ1) is 23.1. The number of carboxylic acid groups (broad SMARTS) is 2. The molecule has 0 bridgehead atoms. The molecule has 2 aromatic heterocycles. The number of likely N-dealkylation sites (N-methyl/N-ethyl adjacent to an activating group) is 1. The number of carbonyl (C=O) groups is 2. The van der Waals surface area contributed by atoms with Gasteiger partial charge in [0, 0.05) is 30.7 Å². The maximum Gasteiger partial charge on any atom is 0.321 e. The first-order chi connectivity index (χ1) is 15.1. The van der Waals surface area contributed by atoms with Crippen LogP contribution in [0.3, 0.4) is 0 Å². The number of aliphatic carboxylic acids is 2. The Hall–Kier alpha value is -3.57. The van der Waals surface area contributed by atoms with Crippen molar-refractivity contribution < 1.29 is 32.6 Å². The minimum atomic E-state index is -4.15. The van der Waals surface area contributed by atoms with Crippen LogP contribution in [0.4, 0.5) is 4.39 Å². The Labute approximate surface area is 183 Å². The van der Waals surface area contributed by atoms with Crippen LogP contribution >= 0.6 is 0 Å². The standard InChI is InChI=1S/C21H20FN3O6S/c1-24(19(21(28)29)10-20(26)27)12-14-9-18(16-6-2-3-7-17(16)22)25(13-14)32(30,31)15-5-4-8-23-11-15/h2-9,11,13,19H,10,12H2,1H3,(H,26,27)(H,28,29)/t19-/m0/s1. The van der Waals surface area contributed by atoms with Crippen molar-refractivity contribution >= 4 is 22.0 Å². The second-order valence-corrected chi connectivity index (χ2v) is 8.88. The predicted octanol–water partition coefficient (Wildman–Crippen LogP) is 2.29. The smallest absolute Gasteiger partial charge is 0.321 e. The Bertz CT molecular complexity index is 1240. The lowest BCUT2D eigenvalue weighted by Gasteiger charge is -2.22. The number of pyridine rings is 1. The van der Waals surface area contributed by atoms with Gasteiger partial charge in [-0.05, 0) is 42.9 Å². The molecule has 0 aliphatic carbocycles. The normalized spacial score (nSPS) is 12.6. The van der Waals surface area contributed by atoms with E-state index in [0.29, 0.717) is 5.56 Å². The third-order valence-electron chi connectivity index (χ3n) is 4.80. The minimum Gasteiger partial charge on any atom is -0.481 e. The van der Waals surface area contributed by atoms with Crippen LogP contribution in [0.1, 0.15) is 12.0 Å². The highest BCUT2D eigenvalue weighted by molar-refractivity contribution is 7.90. The summed E-state index contributed by atoms with van der Waals surface area (Å²) >= 11 is 0. The fourth-order valence-electron chi connectivity index (χ4n) is 3.26. The number of aromatic nitrogens is 2. The molecule has 11 heteroatoms. The van der Waals surface area contributed by atoms with Gasteiger partial charge in [-0.15, -0.1) is 0 Å². The van der Waals surface area contributed by atoms with Crippen LogP contribution in [0.15, 0.2) is 66.0 Å². The van der Waals surface area contributed by atoms with Crippen molar-refractivity contribution in [2.24, 2.45) is 0 Å². The molecule has 0 saturated carbocycles. The minimum absolute atomic E-state index is 0.0363. The van der Waals surface area contributed by atoms with Crippen LogP contribution in [-0.4, -0.2) is 57.5 Å². The van der Waals surface area contributed by atoms with Gasteiger partial charge in [0.05, 0.1) is 12.1 Å². The zero-order valence-corrected chi connectivity index (χ0v) is 17.7. The van der Waals surface area contributed by atoms with Gasteiger partial charge in [0.25, 0.3) is 10.0 Å². The molecule has 2 N–H and O–H groups in total. The summed E-state index contributed by atoms with van der Waals surface area (Å²) in [7, 11) is -2.73. The summed E-state index contributed by atoms with van der Waals surface area (Å²) in [5.41, 5.74) is 0.435. The quantitative estimate of drug-likeness (QED) is 0.496. The number of carboxylic acids is 2. The lowest BCUT2D eigenvalue weighted by atomic mass is 10.1. The highest BCUT2D eigenvalue weighted by atomic mass is 32.2. The van der Waals surface area contributed by atoms with Crippen LogP contribution in [-0.2, 0) is 26.2 Å². The molecule has 0 saturated heterocycles. The second kappa shape index (κ2) is 9.28. The van der Waals surface area contributed by atoms with Gasteiger partial charge in [0.15, 0.2) is 0 Å². The van der Waals surface area contributed by atoms with Gasteiger partial charge in [-0.3, -0.25) is 19.5 Å². The number of benzene rings is 1. The van der Waals surface area contributed by atoms with Crippen LogP contribution in [0.25, 0.3) is 11.3 Å². The van der Waals surface area contributed by atoms with Gasteiger partial charge in [0.2, 0.25) is 0 Å². The summed E-state index contributed by atoms with van der Waals surface area (Å²) in [4.78, 5) is 27.5. The maximum atomic E-state index is 14.5. The van der Waals surface area contributed by atoms with Gasteiger partial charge in [-0.2, -0.15) is 0 Å². The molecule has 0 aliphatic heterocycles. The first-order valence-electron chi connectivity index (χ1n) is 9.38. The highest BCUT2D eigenvalue weighted by Gasteiger charge is 2.28. The number of nitrogens with zero attached hydrogens (tertiary/aromatic N) is 3. The van der Waals surface area contributed by atoms with Gasteiger partial charge in [-0.25, -0.2) is 16.8 Å². The van der Waals surface area contributed by atoms with E-state index >= 15 is 0 Å². The fraction of sp³-hybridized carbons (Fsp3) is 0.190. The molecule has 168 valence electrons.